The van der Waals surface area contributed by atoms with Gasteiger partial charge in [0.15, 0.2) is 11.5 Å². The first kappa shape index (κ1) is 21.2. The van der Waals surface area contributed by atoms with Gasteiger partial charge in [-0.1, -0.05) is 48.6 Å². The highest BCUT2D eigenvalue weighted by Crippen LogP contribution is 2.41. The number of hydrogen-bond donors (Lipinski definition) is 0. The lowest BCUT2D eigenvalue weighted by atomic mass is 9.91. The van der Waals surface area contributed by atoms with E-state index in [4.69, 9.17) is 25.8 Å². The number of aromatic nitrogens is 1. The Balaban J connectivity index is 1.81. The average Bonchev–Trinajstić information content (AvgIpc) is 3.29. The third-order valence-corrected chi connectivity index (χ3v) is 5.90. The molecule has 6 heteroatoms. The molecule has 4 nitrogen and oxygen atoms in total. The van der Waals surface area contributed by atoms with Crippen molar-refractivity contribution in [3.63, 3.8) is 0 Å². The third kappa shape index (κ3) is 4.56. The number of thiazole rings is 1. The topological polar surface area (TPSA) is 40.6 Å². The van der Waals surface area contributed by atoms with Gasteiger partial charge in [0.25, 0.3) is 0 Å². The van der Waals surface area contributed by atoms with Gasteiger partial charge in [-0.3, -0.25) is 0 Å². The second-order valence-corrected chi connectivity index (χ2v) is 7.46. The second-order valence-electron chi connectivity index (χ2n) is 6.16. The van der Waals surface area contributed by atoms with Crippen LogP contribution in [0.15, 0.2) is 54.0 Å². The van der Waals surface area contributed by atoms with Crippen LogP contribution < -0.4 is 9.47 Å². The molecule has 0 amide bonds. The van der Waals surface area contributed by atoms with Crippen LogP contribution in [-0.4, -0.2) is 25.8 Å². The molecule has 1 heterocycles. The van der Waals surface area contributed by atoms with E-state index in [-0.39, 0.29) is 6.61 Å². The van der Waals surface area contributed by atoms with Gasteiger partial charge in [-0.2, -0.15) is 0 Å². The normalized spacial score (nSPS) is 12.6. The van der Waals surface area contributed by atoms with Gasteiger partial charge < -0.3 is 14.2 Å². The summed E-state index contributed by atoms with van der Waals surface area (Å²) >= 11 is 7.69. The first-order chi connectivity index (χ1) is 14.1. The van der Waals surface area contributed by atoms with E-state index in [1.165, 1.54) is 0 Å². The minimum absolute atomic E-state index is 0.219. The largest absolute Gasteiger partial charge is 0.493 e. The third-order valence-electron chi connectivity index (χ3n) is 4.65. The molecule has 0 aliphatic heterocycles. The summed E-state index contributed by atoms with van der Waals surface area (Å²) in [6, 6.07) is 13.3. The van der Waals surface area contributed by atoms with E-state index in [0.29, 0.717) is 16.5 Å². The van der Waals surface area contributed by atoms with Crippen molar-refractivity contribution < 1.29 is 14.2 Å². The van der Waals surface area contributed by atoms with Crippen LogP contribution in [0, 0.1) is 11.8 Å². The molecule has 1 atom stereocenters. The van der Waals surface area contributed by atoms with Gasteiger partial charge in [0.1, 0.15) is 17.2 Å². The van der Waals surface area contributed by atoms with E-state index >= 15 is 0 Å². The summed E-state index contributed by atoms with van der Waals surface area (Å²) in [7, 11) is 3.32. The predicted molar refractivity (Wildman–Crippen MR) is 117 cm³/mol. The minimum Gasteiger partial charge on any atom is -0.493 e. The lowest BCUT2D eigenvalue weighted by Crippen LogP contribution is -2.29. The quantitative estimate of drug-likeness (QED) is 0.464. The van der Waals surface area contributed by atoms with Crippen LogP contribution in [0.4, 0.5) is 0 Å². The Morgan fingerprint density at radius 2 is 1.97 bits per heavy atom. The minimum atomic E-state index is -0.621. The van der Waals surface area contributed by atoms with Crippen LogP contribution in [0.3, 0.4) is 0 Å². The number of benzene rings is 2. The van der Waals surface area contributed by atoms with Crippen LogP contribution in [-0.2, 0) is 10.3 Å². The average molecular weight is 428 g/mol. The Labute approximate surface area is 180 Å². The predicted octanol–water partition coefficient (Wildman–Crippen LogP) is 5.54. The summed E-state index contributed by atoms with van der Waals surface area (Å²) < 4.78 is 17.3. The highest BCUT2D eigenvalue weighted by atomic mass is 35.5. The first-order valence-corrected chi connectivity index (χ1v) is 10.4. The number of rotatable bonds is 7. The zero-order chi connectivity index (χ0) is 20.7. The highest BCUT2D eigenvalue weighted by Gasteiger charge is 2.35. The van der Waals surface area contributed by atoms with Gasteiger partial charge in [0.05, 0.1) is 12.1 Å². The Hall–Kier alpha value is -2.52. The summed E-state index contributed by atoms with van der Waals surface area (Å²) in [6.07, 6.45) is 2.53. The number of ether oxygens (including phenoxy) is 3. The fourth-order valence-electron chi connectivity index (χ4n) is 3.10. The summed E-state index contributed by atoms with van der Waals surface area (Å²) in [5.74, 6) is 7.24. The van der Waals surface area contributed by atoms with Crippen LogP contribution in [0.1, 0.15) is 29.5 Å². The van der Waals surface area contributed by atoms with E-state index < -0.39 is 5.60 Å². The zero-order valence-corrected chi connectivity index (χ0v) is 18.1. The fourth-order valence-corrected chi connectivity index (χ4v) is 4.19. The molecule has 3 rings (SSSR count). The van der Waals surface area contributed by atoms with Crippen LogP contribution >= 0.6 is 22.9 Å². The van der Waals surface area contributed by atoms with Crippen LogP contribution in [0.25, 0.3) is 0 Å². The SMILES string of the molecule is CCC(OC)(c1ccc(OCC#Cc2ccccc2Cl)c(OC)c1)c1nccs1. The molecule has 0 aliphatic carbocycles. The zero-order valence-electron chi connectivity index (χ0n) is 16.6. The van der Waals surface area contributed by atoms with Crippen molar-refractivity contribution in [1.82, 2.24) is 4.98 Å². The number of halogens is 1. The lowest BCUT2D eigenvalue weighted by molar-refractivity contribution is 0.0182. The molecular weight excluding hydrogens is 406 g/mol. The smallest absolute Gasteiger partial charge is 0.162 e. The monoisotopic (exact) mass is 427 g/mol. The maximum absolute atomic E-state index is 6.12. The maximum atomic E-state index is 6.12. The van der Waals surface area contributed by atoms with Crippen LogP contribution in [0.2, 0.25) is 5.02 Å². The molecule has 0 bridgehead atoms. The molecule has 0 spiro atoms. The van der Waals surface area contributed by atoms with Crippen molar-refractivity contribution in [3.05, 3.63) is 75.2 Å². The molecule has 0 saturated carbocycles. The number of hydrogen-bond acceptors (Lipinski definition) is 5. The molecule has 1 unspecified atom stereocenters. The Kier molecular flexibility index (Phi) is 7.16. The van der Waals surface area contributed by atoms with Gasteiger partial charge in [0, 0.05) is 24.3 Å². The number of methoxy groups -OCH3 is 2. The van der Waals surface area contributed by atoms with Gasteiger partial charge in [-0.15, -0.1) is 11.3 Å². The molecule has 0 aliphatic rings. The van der Waals surface area contributed by atoms with Crippen molar-refractivity contribution in [2.75, 3.05) is 20.8 Å². The van der Waals surface area contributed by atoms with E-state index in [1.54, 1.807) is 31.8 Å². The van der Waals surface area contributed by atoms with Crippen molar-refractivity contribution >= 4 is 22.9 Å². The van der Waals surface area contributed by atoms with Crippen molar-refractivity contribution in [2.45, 2.75) is 18.9 Å². The Bertz CT molecular complexity index is 1000. The molecule has 29 heavy (non-hydrogen) atoms. The van der Waals surface area contributed by atoms with Crippen molar-refractivity contribution in [2.24, 2.45) is 0 Å². The summed E-state index contributed by atoms with van der Waals surface area (Å²) in [5, 5.41) is 3.48. The first-order valence-electron chi connectivity index (χ1n) is 9.14. The Morgan fingerprint density at radius 1 is 1.14 bits per heavy atom. The standard InChI is InChI=1S/C23H22ClNO3S/c1-4-23(27-3,22-25-13-15-29-22)18-11-12-20(21(16-18)26-2)28-14-7-9-17-8-5-6-10-19(17)24/h5-6,8,10-13,15-16H,4,14H2,1-3H3. The Morgan fingerprint density at radius 3 is 2.62 bits per heavy atom. The lowest BCUT2D eigenvalue weighted by Gasteiger charge is -2.30. The highest BCUT2D eigenvalue weighted by molar-refractivity contribution is 7.09. The molecule has 2 aromatic carbocycles. The molecule has 3 aromatic rings. The van der Waals surface area contributed by atoms with Crippen molar-refractivity contribution in [3.8, 4) is 23.3 Å². The van der Waals surface area contributed by atoms with Gasteiger partial charge in [0.2, 0.25) is 0 Å². The number of nitrogens with zero attached hydrogens (tertiary/aromatic N) is 1. The molecule has 0 saturated heterocycles. The van der Waals surface area contributed by atoms with E-state index in [1.807, 2.05) is 47.8 Å². The van der Waals surface area contributed by atoms with Gasteiger partial charge >= 0.3 is 0 Å². The van der Waals surface area contributed by atoms with E-state index in [2.05, 4.69) is 23.7 Å². The fraction of sp³-hybridized carbons (Fsp3) is 0.261. The molecule has 1 aromatic heterocycles. The second kappa shape index (κ2) is 9.80. The summed E-state index contributed by atoms with van der Waals surface area (Å²) in [5.41, 5.74) is 1.12. The molecule has 0 N–H and O–H groups in total. The molecular formula is C23H22ClNO3S. The van der Waals surface area contributed by atoms with E-state index in [0.717, 1.165) is 22.6 Å². The molecule has 0 fully saturated rings. The molecule has 150 valence electrons. The maximum Gasteiger partial charge on any atom is 0.162 e. The summed E-state index contributed by atoms with van der Waals surface area (Å²) in [4.78, 5) is 4.47. The van der Waals surface area contributed by atoms with Crippen LogP contribution in [0.5, 0.6) is 11.5 Å². The molecule has 0 radical (unpaired) electrons. The summed E-state index contributed by atoms with van der Waals surface area (Å²) in [6.45, 7) is 2.29. The van der Waals surface area contributed by atoms with Gasteiger partial charge in [-0.05, 0) is 36.2 Å². The van der Waals surface area contributed by atoms with E-state index in [9.17, 15) is 0 Å². The van der Waals surface area contributed by atoms with Gasteiger partial charge in [-0.25, -0.2) is 4.98 Å². The van der Waals surface area contributed by atoms with Crippen molar-refractivity contribution in [1.29, 1.82) is 0 Å².